The molecule has 0 unspecified atom stereocenters. The van der Waals surface area contributed by atoms with Crippen molar-refractivity contribution in [3.05, 3.63) is 29.8 Å². The van der Waals surface area contributed by atoms with Crippen molar-refractivity contribution in [3.63, 3.8) is 0 Å². The molecule has 1 aromatic rings. The molecular formula is C15H18N2O3. The third kappa shape index (κ3) is 4.56. The van der Waals surface area contributed by atoms with Crippen LogP contribution in [0.5, 0.6) is 5.75 Å². The number of benzene rings is 1. The van der Waals surface area contributed by atoms with E-state index in [2.05, 4.69) is 5.32 Å². The van der Waals surface area contributed by atoms with Crippen molar-refractivity contribution in [1.29, 1.82) is 5.26 Å². The number of nitriles is 1. The Morgan fingerprint density at radius 2 is 2.25 bits per heavy atom. The molecule has 106 valence electrons. The van der Waals surface area contributed by atoms with E-state index in [-0.39, 0.29) is 18.6 Å². The first-order valence-corrected chi connectivity index (χ1v) is 6.79. The van der Waals surface area contributed by atoms with Crippen molar-refractivity contribution < 1.29 is 14.3 Å². The lowest BCUT2D eigenvalue weighted by atomic mass is 10.2. The van der Waals surface area contributed by atoms with Gasteiger partial charge in [-0.2, -0.15) is 5.26 Å². The van der Waals surface area contributed by atoms with Gasteiger partial charge in [0.1, 0.15) is 5.75 Å². The summed E-state index contributed by atoms with van der Waals surface area (Å²) in [6.07, 6.45) is 3.33. The van der Waals surface area contributed by atoms with Gasteiger partial charge < -0.3 is 14.8 Å². The average Bonchev–Trinajstić information content (AvgIpc) is 2.99. The first-order valence-electron chi connectivity index (χ1n) is 6.79. The Labute approximate surface area is 118 Å². The van der Waals surface area contributed by atoms with Crippen LogP contribution in [0.4, 0.5) is 0 Å². The van der Waals surface area contributed by atoms with E-state index in [4.69, 9.17) is 14.7 Å². The fraction of sp³-hybridized carbons (Fsp3) is 0.467. The average molecular weight is 274 g/mol. The van der Waals surface area contributed by atoms with Crippen LogP contribution in [0.15, 0.2) is 24.3 Å². The highest BCUT2D eigenvalue weighted by Crippen LogP contribution is 2.14. The molecule has 1 aromatic carbocycles. The fourth-order valence-electron chi connectivity index (χ4n) is 2.07. The number of ether oxygens (including phenoxy) is 2. The predicted octanol–water partition coefficient (Wildman–Crippen LogP) is 1.62. The molecule has 0 spiro atoms. The summed E-state index contributed by atoms with van der Waals surface area (Å²) in [5.41, 5.74) is 0.568. The van der Waals surface area contributed by atoms with E-state index in [0.29, 0.717) is 17.9 Å². The molecule has 1 heterocycles. The molecule has 5 heteroatoms. The molecular weight excluding hydrogens is 256 g/mol. The van der Waals surface area contributed by atoms with Crippen LogP contribution in [0.25, 0.3) is 0 Å². The molecule has 1 N–H and O–H groups in total. The van der Waals surface area contributed by atoms with E-state index in [0.717, 1.165) is 25.9 Å². The minimum atomic E-state index is -0.146. The molecule has 0 radical (unpaired) electrons. The molecule has 1 aliphatic heterocycles. The predicted molar refractivity (Wildman–Crippen MR) is 73.3 cm³/mol. The van der Waals surface area contributed by atoms with E-state index in [1.165, 1.54) is 0 Å². The van der Waals surface area contributed by atoms with Gasteiger partial charge in [0.05, 0.1) is 17.7 Å². The molecule has 1 atom stereocenters. The third-order valence-electron chi connectivity index (χ3n) is 3.17. The third-order valence-corrected chi connectivity index (χ3v) is 3.17. The lowest BCUT2D eigenvalue weighted by Gasteiger charge is -2.10. The molecule has 0 aromatic heterocycles. The molecule has 0 aliphatic carbocycles. The Balaban J connectivity index is 1.62. The van der Waals surface area contributed by atoms with Gasteiger partial charge in [0, 0.05) is 13.2 Å². The number of rotatable bonds is 6. The quantitative estimate of drug-likeness (QED) is 0.855. The van der Waals surface area contributed by atoms with Gasteiger partial charge in [-0.1, -0.05) is 0 Å². The van der Waals surface area contributed by atoms with Gasteiger partial charge in [-0.15, -0.1) is 0 Å². The highest BCUT2D eigenvalue weighted by Gasteiger charge is 2.15. The van der Waals surface area contributed by atoms with E-state index in [9.17, 15) is 4.79 Å². The van der Waals surface area contributed by atoms with Crippen molar-refractivity contribution in [2.75, 3.05) is 19.8 Å². The SMILES string of the molecule is N#Cc1ccc(OCC(=O)NCC[C@H]2CCCO2)cc1. The lowest BCUT2D eigenvalue weighted by molar-refractivity contribution is -0.123. The summed E-state index contributed by atoms with van der Waals surface area (Å²) in [6, 6.07) is 8.70. The smallest absolute Gasteiger partial charge is 0.257 e. The van der Waals surface area contributed by atoms with Crippen LogP contribution >= 0.6 is 0 Å². The molecule has 1 aliphatic rings. The number of nitrogens with zero attached hydrogens (tertiary/aromatic N) is 1. The van der Waals surface area contributed by atoms with Crippen LogP contribution < -0.4 is 10.1 Å². The molecule has 1 saturated heterocycles. The molecule has 5 nitrogen and oxygen atoms in total. The zero-order chi connectivity index (χ0) is 14.2. The number of carbonyl (C=O) groups is 1. The Hall–Kier alpha value is -2.06. The summed E-state index contributed by atoms with van der Waals surface area (Å²) >= 11 is 0. The Morgan fingerprint density at radius 1 is 1.45 bits per heavy atom. The molecule has 2 rings (SSSR count). The number of hydrogen-bond acceptors (Lipinski definition) is 4. The Morgan fingerprint density at radius 3 is 2.90 bits per heavy atom. The molecule has 20 heavy (non-hydrogen) atoms. The number of carbonyl (C=O) groups excluding carboxylic acids is 1. The molecule has 0 saturated carbocycles. The maximum atomic E-state index is 11.6. The van der Waals surface area contributed by atoms with Crippen LogP contribution in [-0.4, -0.2) is 31.8 Å². The summed E-state index contributed by atoms with van der Waals surface area (Å²) < 4.78 is 10.8. The van der Waals surface area contributed by atoms with E-state index >= 15 is 0 Å². The van der Waals surface area contributed by atoms with Crippen molar-refractivity contribution >= 4 is 5.91 Å². The van der Waals surface area contributed by atoms with Gasteiger partial charge in [-0.25, -0.2) is 0 Å². The topological polar surface area (TPSA) is 71.3 Å². The van der Waals surface area contributed by atoms with Crippen LogP contribution in [0.3, 0.4) is 0 Å². The molecule has 1 amide bonds. The van der Waals surface area contributed by atoms with Crippen LogP contribution in [-0.2, 0) is 9.53 Å². The van der Waals surface area contributed by atoms with Gasteiger partial charge in [-0.3, -0.25) is 4.79 Å². The zero-order valence-electron chi connectivity index (χ0n) is 11.3. The van der Waals surface area contributed by atoms with Crippen molar-refractivity contribution in [1.82, 2.24) is 5.32 Å². The van der Waals surface area contributed by atoms with Gasteiger partial charge in [0.25, 0.3) is 5.91 Å². The number of hydrogen-bond donors (Lipinski definition) is 1. The lowest BCUT2D eigenvalue weighted by Crippen LogP contribution is -2.31. The summed E-state index contributed by atoms with van der Waals surface area (Å²) in [5.74, 6) is 0.436. The van der Waals surface area contributed by atoms with Crippen LogP contribution in [0.2, 0.25) is 0 Å². The van der Waals surface area contributed by atoms with Crippen molar-refractivity contribution in [2.45, 2.75) is 25.4 Å². The number of amides is 1. The largest absolute Gasteiger partial charge is 0.484 e. The standard InChI is InChI=1S/C15H18N2O3/c16-10-12-3-5-14(6-4-12)20-11-15(18)17-8-7-13-2-1-9-19-13/h3-6,13H,1-2,7-9,11H2,(H,17,18)/t13-/m1/s1. The highest BCUT2D eigenvalue weighted by molar-refractivity contribution is 5.77. The first kappa shape index (κ1) is 14.4. The van der Waals surface area contributed by atoms with Crippen molar-refractivity contribution in [2.24, 2.45) is 0 Å². The zero-order valence-corrected chi connectivity index (χ0v) is 11.3. The Bertz CT molecular complexity index is 473. The minimum absolute atomic E-state index is 0.0164. The normalized spacial score (nSPS) is 17.4. The van der Waals surface area contributed by atoms with Gasteiger partial charge in [0.2, 0.25) is 0 Å². The maximum absolute atomic E-state index is 11.6. The number of nitrogens with one attached hydrogen (secondary N) is 1. The maximum Gasteiger partial charge on any atom is 0.257 e. The summed E-state index contributed by atoms with van der Waals surface area (Å²) in [6.45, 7) is 1.43. The second kappa shape index (κ2) is 7.51. The van der Waals surface area contributed by atoms with Crippen LogP contribution in [0.1, 0.15) is 24.8 Å². The van der Waals surface area contributed by atoms with Crippen molar-refractivity contribution in [3.8, 4) is 11.8 Å². The summed E-state index contributed by atoms with van der Waals surface area (Å²) in [5, 5.41) is 11.5. The second-order valence-corrected chi connectivity index (χ2v) is 4.70. The molecule has 1 fully saturated rings. The molecule has 0 bridgehead atoms. The van der Waals surface area contributed by atoms with E-state index < -0.39 is 0 Å². The van der Waals surface area contributed by atoms with E-state index in [1.807, 2.05) is 6.07 Å². The summed E-state index contributed by atoms with van der Waals surface area (Å²) in [7, 11) is 0. The monoisotopic (exact) mass is 274 g/mol. The minimum Gasteiger partial charge on any atom is -0.484 e. The van der Waals surface area contributed by atoms with E-state index in [1.54, 1.807) is 24.3 Å². The summed E-state index contributed by atoms with van der Waals surface area (Å²) in [4.78, 5) is 11.6. The van der Waals surface area contributed by atoms with Crippen LogP contribution in [0, 0.1) is 11.3 Å². The van der Waals surface area contributed by atoms with Gasteiger partial charge >= 0.3 is 0 Å². The second-order valence-electron chi connectivity index (χ2n) is 4.70. The highest BCUT2D eigenvalue weighted by atomic mass is 16.5. The van der Waals surface area contributed by atoms with Gasteiger partial charge in [0.15, 0.2) is 6.61 Å². The first-order chi connectivity index (χ1) is 9.78. The fourth-order valence-corrected chi connectivity index (χ4v) is 2.07. The van der Waals surface area contributed by atoms with Gasteiger partial charge in [-0.05, 0) is 43.5 Å². The Kier molecular flexibility index (Phi) is 5.39.